The normalized spacial score (nSPS) is 17.7. The second-order valence-corrected chi connectivity index (χ2v) is 20.1. The van der Waals surface area contributed by atoms with E-state index in [4.69, 9.17) is 22.3 Å². The Labute approximate surface area is 452 Å². The maximum Gasteiger partial charge on any atom is 0.326 e. The standard InChI is InChI=1S/C49H70N12O16S/c1-25(54-41(68)30(12-15-37(51)62)57-45(72)36-10-6-21-61(36)48(75)28(50)11-17-39(64)65)47(74)60-20-5-9-35(60)46(73)59-34(23-26-24-53-29-8-4-3-7-27(26)29)44(71)56-32(19-22-78-2)43(70)55-31(14-18-40(66)67)42(69)58-33(49(76)77)13-16-38(52)63/h3-4,7-8,24-25,28,30-36,53H,5-6,9-23,50H2,1-2H3,(H2,51,62)(H2,52,63)(H,54,68)(H,55,70)(H,56,71)(H,57,72)(H,58,69)(H,59,73)(H,64,65)(H,66,67)(H,76,77)/t25-,28-,30-,31-,32-,33-,34-,35-,36-/m0/s1. The Kier molecular flexibility index (Phi) is 24.3. The van der Waals surface area contributed by atoms with Crippen molar-refractivity contribution in [2.75, 3.05) is 25.1 Å². The lowest BCUT2D eigenvalue weighted by Gasteiger charge is -2.30. The molecule has 2 aliphatic rings. The Hall–Kier alpha value is -7.82. The van der Waals surface area contributed by atoms with Crippen LogP contribution in [0.25, 0.3) is 10.9 Å². The van der Waals surface area contributed by atoms with Gasteiger partial charge in [0.2, 0.25) is 59.1 Å². The molecule has 16 N–H and O–H groups in total. The predicted molar refractivity (Wildman–Crippen MR) is 278 cm³/mol. The molecule has 0 radical (unpaired) electrons. The number of H-pyrrole nitrogens is 1. The minimum Gasteiger partial charge on any atom is -0.481 e. The van der Waals surface area contributed by atoms with Crippen molar-refractivity contribution in [3.05, 3.63) is 36.0 Å². The molecule has 1 aromatic heterocycles. The number of para-hydroxylation sites is 1. The Morgan fingerprint density at radius 3 is 1.63 bits per heavy atom. The van der Waals surface area contributed by atoms with Crippen LogP contribution in [0.3, 0.4) is 0 Å². The molecule has 10 amide bonds. The molecule has 0 bridgehead atoms. The number of hydrogen-bond donors (Lipinski definition) is 13. The van der Waals surface area contributed by atoms with Gasteiger partial charge < -0.3 is 79.2 Å². The number of nitrogens with two attached hydrogens (primary N) is 3. The number of primary amides is 2. The number of carbonyl (C=O) groups excluding carboxylic acids is 10. The molecule has 3 heterocycles. The number of thioether (sulfide) groups is 1. The molecule has 2 fully saturated rings. The van der Waals surface area contributed by atoms with Crippen molar-refractivity contribution in [3.63, 3.8) is 0 Å². The summed E-state index contributed by atoms with van der Waals surface area (Å²) < 4.78 is 0. The minimum atomic E-state index is -1.63. The minimum absolute atomic E-state index is 0.0404. The fourth-order valence-corrected chi connectivity index (χ4v) is 9.54. The van der Waals surface area contributed by atoms with E-state index in [0.29, 0.717) is 29.3 Å². The van der Waals surface area contributed by atoms with Gasteiger partial charge in [0.05, 0.1) is 6.04 Å². The monoisotopic (exact) mass is 1110 g/mol. The number of aliphatic carboxylic acids is 3. The Balaban J connectivity index is 1.54. The van der Waals surface area contributed by atoms with Crippen molar-refractivity contribution in [1.29, 1.82) is 0 Å². The first-order valence-corrected chi connectivity index (χ1v) is 26.8. The summed E-state index contributed by atoms with van der Waals surface area (Å²) in [5.74, 6) is -12.1. The molecule has 28 nitrogen and oxygen atoms in total. The van der Waals surface area contributed by atoms with E-state index >= 15 is 0 Å². The lowest BCUT2D eigenvalue weighted by Crippen LogP contribution is -2.60. The van der Waals surface area contributed by atoms with Gasteiger partial charge in [-0.05, 0) is 88.3 Å². The summed E-state index contributed by atoms with van der Waals surface area (Å²) in [5, 5.41) is 43.9. The smallest absolute Gasteiger partial charge is 0.326 e. The molecule has 428 valence electrons. The second kappa shape index (κ2) is 30.2. The van der Waals surface area contributed by atoms with Crippen LogP contribution in [-0.2, 0) is 68.7 Å². The van der Waals surface area contributed by atoms with Crippen LogP contribution >= 0.6 is 11.8 Å². The maximum absolute atomic E-state index is 14.5. The van der Waals surface area contributed by atoms with Crippen molar-refractivity contribution < 1.29 is 77.6 Å². The van der Waals surface area contributed by atoms with Gasteiger partial charge in [-0.25, -0.2) is 4.79 Å². The van der Waals surface area contributed by atoms with Gasteiger partial charge >= 0.3 is 17.9 Å². The van der Waals surface area contributed by atoms with E-state index in [1.165, 1.54) is 28.5 Å². The summed E-state index contributed by atoms with van der Waals surface area (Å²) in [6.45, 7) is 1.52. The number of carboxylic acids is 3. The third-order valence-corrected chi connectivity index (χ3v) is 13.9. The van der Waals surface area contributed by atoms with Crippen molar-refractivity contribution in [1.82, 2.24) is 46.7 Å². The van der Waals surface area contributed by atoms with Gasteiger partial charge in [0, 0.05) is 62.3 Å². The van der Waals surface area contributed by atoms with E-state index in [9.17, 15) is 72.5 Å². The molecule has 78 heavy (non-hydrogen) atoms. The molecule has 2 aromatic rings. The first-order valence-electron chi connectivity index (χ1n) is 25.4. The zero-order valence-electron chi connectivity index (χ0n) is 43.3. The molecule has 9 atom stereocenters. The number of aromatic nitrogens is 1. The van der Waals surface area contributed by atoms with Gasteiger partial charge in [-0.15, -0.1) is 0 Å². The summed E-state index contributed by atoms with van der Waals surface area (Å²) in [4.78, 5) is 174. The van der Waals surface area contributed by atoms with Crippen LogP contribution < -0.4 is 49.1 Å². The van der Waals surface area contributed by atoms with E-state index in [0.717, 1.165) is 0 Å². The quantitative estimate of drug-likeness (QED) is 0.0348. The summed E-state index contributed by atoms with van der Waals surface area (Å²) >= 11 is 1.30. The highest BCUT2D eigenvalue weighted by Gasteiger charge is 2.41. The highest BCUT2D eigenvalue weighted by molar-refractivity contribution is 7.98. The first-order chi connectivity index (χ1) is 36.9. The van der Waals surface area contributed by atoms with Crippen LogP contribution in [0.2, 0.25) is 0 Å². The average molecular weight is 1120 g/mol. The van der Waals surface area contributed by atoms with E-state index in [-0.39, 0.29) is 70.2 Å². The SMILES string of the molecule is CSCC[C@H](NC(=O)[C@H](Cc1c[nH]c2ccccc12)NC(=O)[C@@H]1CCCN1C(=O)[C@H](C)NC(=O)[C@H](CCC(N)=O)NC(=O)[C@@H]1CCCN1C(=O)[C@@H](N)CCC(=O)O)C(=O)N[C@@H](CCC(=O)O)C(=O)N[C@@H](CCC(N)=O)C(=O)O. The number of carboxylic acid groups (broad SMARTS) is 3. The number of carbonyl (C=O) groups is 13. The van der Waals surface area contributed by atoms with Crippen molar-refractivity contribution in [2.45, 2.75) is 151 Å². The molecule has 2 saturated heterocycles. The van der Waals surface area contributed by atoms with Crippen LogP contribution in [0.1, 0.15) is 96.0 Å². The Morgan fingerprint density at radius 2 is 1.08 bits per heavy atom. The van der Waals surface area contributed by atoms with E-state index in [1.54, 1.807) is 36.7 Å². The highest BCUT2D eigenvalue weighted by atomic mass is 32.2. The molecular weight excluding hydrogens is 1040 g/mol. The number of nitrogens with zero attached hydrogens (tertiary/aromatic N) is 2. The van der Waals surface area contributed by atoms with Crippen LogP contribution in [0.4, 0.5) is 0 Å². The first kappa shape index (κ1) is 62.7. The lowest BCUT2D eigenvalue weighted by molar-refractivity contribution is -0.143. The second-order valence-electron chi connectivity index (χ2n) is 19.1. The number of nitrogens with one attached hydrogen (secondary N) is 7. The van der Waals surface area contributed by atoms with Crippen LogP contribution in [0.15, 0.2) is 30.5 Å². The van der Waals surface area contributed by atoms with E-state index in [1.807, 2.05) is 0 Å². The number of likely N-dealkylation sites (tertiary alicyclic amines) is 2. The lowest BCUT2D eigenvalue weighted by atomic mass is 10.0. The fourth-order valence-electron chi connectivity index (χ4n) is 9.07. The van der Waals surface area contributed by atoms with Gasteiger partial charge in [-0.1, -0.05) is 18.2 Å². The van der Waals surface area contributed by atoms with E-state index in [2.05, 4.69) is 36.9 Å². The Bertz CT molecular complexity index is 2560. The highest BCUT2D eigenvalue weighted by Crippen LogP contribution is 2.23. The number of fused-ring (bicyclic) bond motifs is 1. The van der Waals surface area contributed by atoms with E-state index < -0.39 is 157 Å². The summed E-state index contributed by atoms with van der Waals surface area (Å²) in [6, 6.07) is -5.21. The Morgan fingerprint density at radius 1 is 0.615 bits per heavy atom. The molecular formula is C49H70N12O16S. The maximum atomic E-state index is 14.5. The van der Waals surface area contributed by atoms with Crippen molar-refractivity contribution >= 4 is 99.6 Å². The molecule has 0 saturated carbocycles. The summed E-state index contributed by atoms with van der Waals surface area (Å²) in [6.07, 6.45) is 1.03. The molecule has 0 spiro atoms. The number of aromatic amines is 1. The third-order valence-electron chi connectivity index (χ3n) is 13.3. The van der Waals surface area contributed by atoms with Gasteiger partial charge in [-0.3, -0.25) is 57.5 Å². The number of benzene rings is 1. The van der Waals surface area contributed by atoms with Crippen LogP contribution in [-0.4, -0.2) is 187 Å². The van der Waals surface area contributed by atoms with Crippen LogP contribution in [0.5, 0.6) is 0 Å². The molecule has 2 aliphatic heterocycles. The third kappa shape index (κ3) is 18.7. The number of amides is 10. The number of hydrogen-bond acceptors (Lipinski definition) is 15. The fraction of sp³-hybridized carbons (Fsp3) is 0.571. The average Bonchev–Trinajstić information content (AvgIpc) is 4.20. The van der Waals surface area contributed by atoms with Gasteiger partial charge in [0.25, 0.3) is 0 Å². The summed E-state index contributed by atoms with van der Waals surface area (Å²) in [7, 11) is 0. The molecule has 29 heteroatoms. The zero-order chi connectivity index (χ0) is 57.8. The molecule has 0 unspecified atom stereocenters. The summed E-state index contributed by atoms with van der Waals surface area (Å²) in [5.41, 5.74) is 17.8. The predicted octanol–water partition coefficient (Wildman–Crippen LogP) is -2.95. The molecule has 4 rings (SSSR count). The zero-order valence-corrected chi connectivity index (χ0v) is 44.1. The van der Waals surface area contributed by atoms with Crippen molar-refractivity contribution in [3.8, 4) is 0 Å². The molecule has 1 aromatic carbocycles. The largest absolute Gasteiger partial charge is 0.481 e. The van der Waals surface area contributed by atoms with Crippen LogP contribution in [0, 0.1) is 0 Å². The van der Waals surface area contributed by atoms with Crippen molar-refractivity contribution in [2.24, 2.45) is 17.2 Å². The van der Waals surface area contributed by atoms with Gasteiger partial charge in [0.15, 0.2) is 0 Å². The number of rotatable bonds is 32. The topological polar surface area (TPSA) is 455 Å². The van der Waals surface area contributed by atoms with Gasteiger partial charge in [0.1, 0.15) is 48.3 Å². The van der Waals surface area contributed by atoms with Gasteiger partial charge in [-0.2, -0.15) is 11.8 Å². The molecule has 0 aliphatic carbocycles.